The molecule has 0 fully saturated rings. The third-order valence-electron chi connectivity index (χ3n) is 0.384. The SMILES string of the molecule is C1=COCO1.[K]. The van der Waals surface area contributed by atoms with Crippen LogP contribution in [-0.4, -0.2) is 58.2 Å². The van der Waals surface area contributed by atoms with E-state index in [2.05, 4.69) is 9.47 Å². The number of ether oxygens (including phenoxy) is 2. The van der Waals surface area contributed by atoms with Crippen molar-refractivity contribution in [2.45, 2.75) is 0 Å². The van der Waals surface area contributed by atoms with Crippen LogP contribution in [0.15, 0.2) is 12.5 Å². The van der Waals surface area contributed by atoms with E-state index in [1.165, 1.54) is 12.5 Å². The molecule has 0 aliphatic carbocycles. The van der Waals surface area contributed by atoms with Gasteiger partial charge in [-0.2, -0.15) is 0 Å². The fourth-order valence-corrected chi connectivity index (χ4v) is 0.196. The normalized spacial score (nSPS) is 14.7. The van der Waals surface area contributed by atoms with Gasteiger partial charge in [0, 0.05) is 51.4 Å². The van der Waals surface area contributed by atoms with E-state index < -0.39 is 0 Å². The molecule has 0 N–H and O–H groups in total. The Balaban J connectivity index is 0.000000250. The van der Waals surface area contributed by atoms with Crippen LogP contribution in [-0.2, 0) is 9.47 Å². The molecule has 1 rings (SSSR count). The minimum Gasteiger partial charge on any atom is -0.462 e. The molecule has 1 aliphatic heterocycles. The zero-order chi connectivity index (χ0) is 3.54. The van der Waals surface area contributed by atoms with Gasteiger partial charge in [0.15, 0.2) is 0 Å². The van der Waals surface area contributed by atoms with Gasteiger partial charge in [-0.25, -0.2) is 0 Å². The van der Waals surface area contributed by atoms with E-state index in [1.54, 1.807) is 0 Å². The monoisotopic (exact) mass is 111 g/mol. The van der Waals surface area contributed by atoms with Crippen LogP contribution in [0.5, 0.6) is 0 Å². The summed E-state index contributed by atoms with van der Waals surface area (Å²) in [5, 5.41) is 0. The maximum absolute atomic E-state index is 4.54. The van der Waals surface area contributed by atoms with Crippen LogP contribution < -0.4 is 0 Å². The van der Waals surface area contributed by atoms with Gasteiger partial charge in [-0.05, 0) is 0 Å². The van der Waals surface area contributed by atoms with Gasteiger partial charge in [0.1, 0.15) is 12.5 Å². The predicted octanol–water partition coefficient (Wildman–Crippen LogP) is 0.0811. The first kappa shape index (κ1) is 6.98. The number of hydrogen-bond donors (Lipinski definition) is 0. The molecule has 0 aromatic heterocycles. The van der Waals surface area contributed by atoms with Crippen molar-refractivity contribution in [2.75, 3.05) is 6.79 Å². The van der Waals surface area contributed by atoms with E-state index in [-0.39, 0.29) is 51.4 Å². The fourth-order valence-electron chi connectivity index (χ4n) is 0.196. The molecule has 29 valence electrons. The molecule has 0 saturated carbocycles. The summed E-state index contributed by atoms with van der Waals surface area (Å²) in [6.45, 7) is 0.389. The molecular formula is C3H4KO2. The second kappa shape index (κ2) is 4.14. The second-order valence-corrected chi connectivity index (χ2v) is 0.723. The van der Waals surface area contributed by atoms with E-state index in [0.29, 0.717) is 6.79 Å². The Kier molecular flexibility index (Phi) is 4.82. The summed E-state index contributed by atoms with van der Waals surface area (Å²) in [7, 11) is 0. The van der Waals surface area contributed by atoms with Gasteiger partial charge < -0.3 is 9.47 Å². The second-order valence-electron chi connectivity index (χ2n) is 0.723. The van der Waals surface area contributed by atoms with Crippen molar-refractivity contribution in [3.8, 4) is 0 Å². The third-order valence-corrected chi connectivity index (χ3v) is 0.384. The van der Waals surface area contributed by atoms with Crippen LogP contribution in [0.25, 0.3) is 0 Å². The summed E-state index contributed by atoms with van der Waals surface area (Å²) >= 11 is 0. The molecule has 0 aromatic rings. The predicted molar refractivity (Wildman–Crippen MR) is 21.9 cm³/mol. The Hall–Kier alpha value is 0.976. The maximum Gasteiger partial charge on any atom is 0.229 e. The van der Waals surface area contributed by atoms with Gasteiger partial charge >= 0.3 is 0 Å². The van der Waals surface area contributed by atoms with Crippen molar-refractivity contribution in [3.05, 3.63) is 12.5 Å². The van der Waals surface area contributed by atoms with E-state index in [1.807, 2.05) is 0 Å². The molecule has 0 atom stereocenters. The third kappa shape index (κ3) is 2.20. The molecule has 1 radical (unpaired) electrons. The number of hydrogen-bond acceptors (Lipinski definition) is 2. The molecule has 0 unspecified atom stereocenters. The summed E-state index contributed by atoms with van der Waals surface area (Å²) in [5.41, 5.74) is 0. The van der Waals surface area contributed by atoms with Crippen LogP contribution in [0, 0.1) is 0 Å². The average Bonchev–Trinajstić information content (AvgIpc) is 1.76. The van der Waals surface area contributed by atoms with Crippen molar-refractivity contribution in [1.82, 2.24) is 0 Å². The fraction of sp³-hybridized carbons (Fsp3) is 0.333. The zero-order valence-corrected chi connectivity index (χ0v) is 6.80. The first-order valence-corrected chi connectivity index (χ1v) is 1.38. The molecule has 1 heterocycles. The maximum atomic E-state index is 4.54. The zero-order valence-electron chi connectivity index (χ0n) is 3.68. The Labute approximate surface area is 78.9 Å². The molecule has 0 aromatic carbocycles. The van der Waals surface area contributed by atoms with Crippen LogP contribution in [0.1, 0.15) is 0 Å². The smallest absolute Gasteiger partial charge is 0.229 e. The molecular weight excluding hydrogens is 107 g/mol. The first-order valence-electron chi connectivity index (χ1n) is 1.38. The molecule has 0 saturated heterocycles. The van der Waals surface area contributed by atoms with Gasteiger partial charge in [0.05, 0.1) is 0 Å². The molecule has 1 aliphatic rings. The Morgan fingerprint density at radius 2 is 1.67 bits per heavy atom. The van der Waals surface area contributed by atoms with Gasteiger partial charge in [-0.15, -0.1) is 0 Å². The summed E-state index contributed by atoms with van der Waals surface area (Å²) < 4.78 is 9.08. The summed E-state index contributed by atoms with van der Waals surface area (Å²) in [4.78, 5) is 0. The van der Waals surface area contributed by atoms with Crippen molar-refractivity contribution in [3.63, 3.8) is 0 Å². The van der Waals surface area contributed by atoms with Crippen LogP contribution in [0.3, 0.4) is 0 Å². The Bertz CT molecular complexity index is 46.8. The summed E-state index contributed by atoms with van der Waals surface area (Å²) in [5.74, 6) is 0. The van der Waals surface area contributed by atoms with E-state index in [4.69, 9.17) is 0 Å². The van der Waals surface area contributed by atoms with Crippen molar-refractivity contribution >= 4 is 51.4 Å². The largest absolute Gasteiger partial charge is 0.462 e. The van der Waals surface area contributed by atoms with Gasteiger partial charge in [0.25, 0.3) is 0 Å². The van der Waals surface area contributed by atoms with Crippen LogP contribution >= 0.6 is 0 Å². The van der Waals surface area contributed by atoms with Crippen molar-refractivity contribution in [1.29, 1.82) is 0 Å². The van der Waals surface area contributed by atoms with Gasteiger partial charge in [-0.1, -0.05) is 0 Å². The molecule has 3 heteroatoms. The molecule has 2 nitrogen and oxygen atoms in total. The Morgan fingerprint density at radius 1 is 1.17 bits per heavy atom. The minimum absolute atomic E-state index is 0. The van der Waals surface area contributed by atoms with Crippen molar-refractivity contribution in [2.24, 2.45) is 0 Å². The van der Waals surface area contributed by atoms with E-state index >= 15 is 0 Å². The standard InChI is InChI=1S/C3H4O2.K/c1-2-5-3-4-1;/h1-2H,3H2;. The quantitative estimate of drug-likeness (QED) is 0.412. The Morgan fingerprint density at radius 3 is 1.83 bits per heavy atom. The van der Waals surface area contributed by atoms with Crippen molar-refractivity contribution < 1.29 is 9.47 Å². The summed E-state index contributed by atoms with van der Waals surface area (Å²) in [6.07, 6.45) is 3.03. The van der Waals surface area contributed by atoms with Gasteiger partial charge in [0.2, 0.25) is 6.79 Å². The van der Waals surface area contributed by atoms with E-state index in [0.717, 1.165) is 0 Å². The molecule has 0 bridgehead atoms. The average molecular weight is 111 g/mol. The minimum atomic E-state index is 0. The molecule has 6 heavy (non-hydrogen) atoms. The van der Waals surface area contributed by atoms with E-state index in [9.17, 15) is 0 Å². The number of rotatable bonds is 0. The molecule has 0 spiro atoms. The first-order chi connectivity index (χ1) is 2.50. The van der Waals surface area contributed by atoms with Crippen LogP contribution in [0.2, 0.25) is 0 Å². The van der Waals surface area contributed by atoms with Crippen LogP contribution in [0.4, 0.5) is 0 Å². The van der Waals surface area contributed by atoms with Gasteiger partial charge in [-0.3, -0.25) is 0 Å². The summed E-state index contributed by atoms with van der Waals surface area (Å²) in [6, 6.07) is 0. The molecule has 0 amide bonds. The topological polar surface area (TPSA) is 18.5 Å².